The van der Waals surface area contributed by atoms with Gasteiger partial charge in [-0.15, -0.1) is 0 Å². The lowest BCUT2D eigenvalue weighted by atomic mass is 10.1. The van der Waals surface area contributed by atoms with Gasteiger partial charge in [-0.05, 0) is 57.5 Å². The second-order valence-corrected chi connectivity index (χ2v) is 9.81. The molecule has 8 heteroatoms. The van der Waals surface area contributed by atoms with Gasteiger partial charge in [0, 0.05) is 24.3 Å². The van der Waals surface area contributed by atoms with Gasteiger partial charge in [0.05, 0.1) is 17.2 Å². The minimum Gasteiger partial charge on any atom is -0.373 e. The number of amides is 1. The molecule has 29 heavy (non-hydrogen) atoms. The zero-order chi connectivity index (χ0) is 21.3. The molecule has 3 rings (SSSR count). The van der Waals surface area contributed by atoms with Crippen molar-refractivity contribution in [2.24, 2.45) is 0 Å². The number of hydrogen-bond acceptors (Lipinski definition) is 4. The first-order valence-electron chi connectivity index (χ1n) is 9.41. The highest BCUT2D eigenvalue weighted by molar-refractivity contribution is 7.89. The van der Waals surface area contributed by atoms with Crippen molar-refractivity contribution in [1.29, 1.82) is 0 Å². The van der Waals surface area contributed by atoms with E-state index in [4.69, 9.17) is 16.3 Å². The first-order valence-corrected chi connectivity index (χ1v) is 11.2. The molecule has 1 saturated heterocycles. The summed E-state index contributed by atoms with van der Waals surface area (Å²) in [5.74, 6) is -0.395. The number of sulfonamides is 1. The minimum atomic E-state index is -3.86. The van der Waals surface area contributed by atoms with E-state index in [1.165, 1.54) is 22.5 Å². The van der Waals surface area contributed by atoms with Crippen molar-refractivity contribution in [3.8, 4) is 0 Å². The fourth-order valence-electron chi connectivity index (χ4n) is 3.46. The Morgan fingerprint density at radius 2 is 1.76 bits per heavy atom. The van der Waals surface area contributed by atoms with E-state index in [0.717, 1.165) is 11.1 Å². The quantitative estimate of drug-likeness (QED) is 0.785. The first-order chi connectivity index (χ1) is 13.6. The summed E-state index contributed by atoms with van der Waals surface area (Å²) in [6, 6.07) is 9.99. The fourth-order valence-corrected chi connectivity index (χ4v) is 5.55. The molecule has 1 fully saturated rings. The number of carbonyl (C=O) groups is 1. The number of rotatable bonds is 4. The van der Waals surface area contributed by atoms with E-state index >= 15 is 0 Å². The maximum atomic E-state index is 13.2. The lowest BCUT2D eigenvalue weighted by Gasteiger charge is -2.34. The van der Waals surface area contributed by atoms with Gasteiger partial charge in [0.1, 0.15) is 4.90 Å². The van der Waals surface area contributed by atoms with Crippen LogP contribution in [0.5, 0.6) is 0 Å². The number of benzene rings is 2. The molecule has 0 aliphatic carbocycles. The smallest absolute Gasteiger partial charge is 0.255 e. The first kappa shape index (κ1) is 21.8. The number of hydrogen-bond donors (Lipinski definition) is 1. The molecule has 2 unspecified atom stereocenters. The van der Waals surface area contributed by atoms with Crippen molar-refractivity contribution in [3.05, 3.63) is 58.1 Å². The van der Waals surface area contributed by atoms with E-state index in [-0.39, 0.29) is 40.8 Å². The van der Waals surface area contributed by atoms with E-state index in [0.29, 0.717) is 5.69 Å². The summed E-state index contributed by atoms with van der Waals surface area (Å²) in [4.78, 5) is 12.7. The Bertz CT molecular complexity index is 1030. The highest BCUT2D eigenvalue weighted by Crippen LogP contribution is 2.28. The highest BCUT2D eigenvalue weighted by Gasteiger charge is 2.33. The molecule has 156 valence electrons. The molecule has 1 aliphatic rings. The number of morpholine rings is 1. The molecule has 6 nitrogen and oxygen atoms in total. The molecular formula is C21H25ClN2O4S. The third-order valence-corrected chi connectivity index (χ3v) is 7.14. The van der Waals surface area contributed by atoms with Gasteiger partial charge in [0.2, 0.25) is 10.0 Å². The average Bonchev–Trinajstić information content (AvgIpc) is 2.63. The summed E-state index contributed by atoms with van der Waals surface area (Å²) in [6.45, 7) is 8.01. The Balaban J connectivity index is 1.90. The van der Waals surface area contributed by atoms with Crippen LogP contribution in [0.25, 0.3) is 0 Å². The predicted octanol–water partition coefficient (Wildman–Crippen LogP) is 4.01. The van der Waals surface area contributed by atoms with Crippen LogP contribution in [0.2, 0.25) is 5.02 Å². The van der Waals surface area contributed by atoms with Crippen LogP contribution in [-0.2, 0) is 14.8 Å². The van der Waals surface area contributed by atoms with Crippen LogP contribution in [0.1, 0.15) is 35.3 Å². The van der Waals surface area contributed by atoms with Gasteiger partial charge in [-0.1, -0.05) is 29.3 Å². The molecule has 0 saturated carbocycles. The van der Waals surface area contributed by atoms with Gasteiger partial charge in [-0.2, -0.15) is 4.31 Å². The SMILES string of the molecule is Cc1ccc(NC(=O)c2ccc(Cl)c(S(=O)(=O)N3CC(C)OC(C)C3)c2)c(C)c1. The Hall–Kier alpha value is -1.93. The molecule has 1 aliphatic heterocycles. The summed E-state index contributed by atoms with van der Waals surface area (Å²) >= 11 is 6.21. The Kier molecular flexibility index (Phi) is 6.33. The Morgan fingerprint density at radius 3 is 2.38 bits per heavy atom. The van der Waals surface area contributed by atoms with Gasteiger partial charge in [-0.25, -0.2) is 8.42 Å². The van der Waals surface area contributed by atoms with Crippen molar-refractivity contribution >= 4 is 33.2 Å². The second kappa shape index (κ2) is 8.44. The number of aryl methyl sites for hydroxylation is 2. The third kappa shape index (κ3) is 4.80. The summed E-state index contributed by atoms with van der Waals surface area (Å²) in [5.41, 5.74) is 2.92. The van der Waals surface area contributed by atoms with Gasteiger partial charge in [0.15, 0.2) is 0 Å². The molecule has 0 bridgehead atoms. The van der Waals surface area contributed by atoms with Crippen LogP contribution >= 0.6 is 11.6 Å². The maximum absolute atomic E-state index is 13.2. The zero-order valence-corrected chi connectivity index (χ0v) is 18.5. The van der Waals surface area contributed by atoms with Crippen molar-refractivity contribution in [1.82, 2.24) is 4.31 Å². The molecular weight excluding hydrogens is 412 g/mol. The largest absolute Gasteiger partial charge is 0.373 e. The van der Waals surface area contributed by atoms with E-state index in [1.54, 1.807) is 0 Å². The van der Waals surface area contributed by atoms with Gasteiger partial charge < -0.3 is 10.1 Å². The third-order valence-electron chi connectivity index (χ3n) is 4.83. The van der Waals surface area contributed by atoms with Crippen molar-refractivity contribution in [2.75, 3.05) is 18.4 Å². The predicted molar refractivity (Wildman–Crippen MR) is 114 cm³/mol. The summed E-state index contributed by atoms with van der Waals surface area (Å²) < 4.78 is 33.3. The van der Waals surface area contributed by atoms with Gasteiger partial charge in [-0.3, -0.25) is 4.79 Å². The van der Waals surface area contributed by atoms with E-state index < -0.39 is 15.9 Å². The van der Waals surface area contributed by atoms with E-state index in [2.05, 4.69) is 5.32 Å². The Morgan fingerprint density at radius 1 is 1.10 bits per heavy atom. The molecule has 1 heterocycles. The topological polar surface area (TPSA) is 75.7 Å². The van der Waals surface area contributed by atoms with Crippen molar-refractivity contribution in [2.45, 2.75) is 44.8 Å². The van der Waals surface area contributed by atoms with Crippen LogP contribution in [0.3, 0.4) is 0 Å². The van der Waals surface area contributed by atoms with Gasteiger partial charge >= 0.3 is 0 Å². The zero-order valence-electron chi connectivity index (χ0n) is 16.9. The number of halogens is 1. The van der Waals surface area contributed by atoms with E-state index in [9.17, 15) is 13.2 Å². The van der Waals surface area contributed by atoms with Crippen LogP contribution in [0.4, 0.5) is 5.69 Å². The molecule has 0 radical (unpaired) electrons. The summed E-state index contributed by atoms with van der Waals surface area (Å²) in [5, 5.41) is 2.92. The molecule has 2 atom stereocenters. The lowest BCUT2D eigenvalue weighted by Crippen LogP contribution is -2.48. The minimum absolute atomic E-state index is 0.0752. The number of anilines is 1. The van der Waals surface area contributed by atoms with Crippen LogP contribution in [0.15, 0.2) is 41.3 Å². The number of ether oxygens (including phenoxy) is 1. The summed E-state index contributed by atoms with van der Waals surface area (Å²) in [7, 11) is -3.86. The van der Waals surface area contributed by atoms with Crippen molar-refractivity contribution < 1.29 is 17.9 Å². The standard InChI is InChI=1S/C21H25ClN2O4S/c1-13-5-8-19(14(2)9-13)23-21(25)17-6-7-18(22)20(10-17)29(26,27)24-11-15(3)28-16(4)12-24/h5-10,15-16H,11-12H2,1-4H3,(H,23,25). The highest BCUT2D eigenvalue weighted by atomic mass is 35.5. The molecule has 0 spiro atoms. The molecule has 2 aromatic rings. The van der Waals surface area contributed by atoms with Crippen LogP contribution in [0, 0.1) is 13.8 Å². The second-order valence-electron chi connectivity index (χ2n) is 7.50. The molecule has 2 aromatic carbocycles. The molecule has 1 N–H and O–H groups in total. The van der Waals surface area contributed by atoms with Crippen LogP contribution < -0.4 is 5.32 Å². The Labute approximate surface area is 176 Å². The number of nitrogens with zero attached hydrogens (tertiary/aromatic N) is 1. The monoisotopic (exact) mass is 436 g/mol. The van der Waals surface area contributed by atoms with Crippen molar-refractivity contribution in [3.63, 3.8) is 0 Å². The van der Waals surface area contributed by atoms with Gasteiger partial charge in [0.25, 0.3) is 5.91 Å². The van der Waals surface area contributed by atoms with E-state index in [1.807, 2.05) is 45.9 Å². The molecule has 1 amide bonds. The number of carbonyl (C=O) groups excluding carboxylic acids is 1. The maximum Gasteiger partial charge on any atom is 0.255 e. The average molecular weight is 437 g/mol. The number of nitrogens with one attached hydrogen (secondary N) is 1. The summed E-state index contributed by atoms with van der Waals surface area (Å²) in [6.07, 6.45) is -0.438. The fraction of sp³-hybridized carbons (Fsp3) is 0.381. The lowest BCUT2D eigenvalue weighted by molar-refractivity contribution is -0.0440. The normalized spacial score (nSPS) is 20.4. The molecule has 0 aromatic heterocycles. The van der Waals surface area contributed by atoms with Crippen LogP contribution in [-0.4, -0.2) is 43.9 Å².